The number of amides is 1. The van der Waals surface area contributed by atoms with Crippen LogP contribution in [-0.4, -0.2) is 28.9 Å². The van der Waals surface area contributed by atoms with Crippen molar-refractivity contribution in [1.82, 2.24) is 9.88 Å². The van der Waals surface area contributed by atoms with E-state index in [0.717, 1.165) is 38.8 Å². The topological polar surface area (TPSA) is 36.1 Å². The van der Waals surface area contributed by atoms with Crippen LogP contribution in [0.1, 0.15) is 50.1 Å². The third-order valence-electron chi connectivity index (χ3n) is 5.50. The van der Waals surface area contributed by atoms with Gasteiger partial charge in [-0.1, -0.05) is 31.0 Å². The van der Waals surface area contributed by atoms with Crippen molar-refractivity contribution < 1.29 is 4.79 Å². The maximum Gasteiger partial charge on any atom is 0.225 e. The van der Waals surface area contributed by atoms with Gasteiger partial charge in [-0.15, -0.1) is 0 Å². The summed E-state index contributed by atoms with van der Waals surface area (Å²) in [5, 5.41) is 1.29. The number of carbonyl (C=O) groups is 1. The number of aromatic nitrogens is 1. The van der Waals surface area contributed by atoms with E-state index in [0.29, 0.717) is 17.7 Å². The summed E-state index contributed by atoms with van der Waals surface area (Å²) >= 11 is 0. The van der Waals surface area contributed by atoms with Crippen molar-refractivity contribution in [2.45, 2.75) is 44.4 Å². The smallest absolute Gasteiger partial charge is 0.225 e. The van der Waals surface area contributed by atoms with Crippen molar-refractivity contribution in [3.05, 3.63) is 36.0 Å². The minimum absolute atomic E-state index is 0.324. The Morgan fingerprint density at radius 1 is 1.05 bits per heavy atom. The molecule has 1 aliphatic heterocycles. The highest BCUT2D eigenvalue weighted by molar-refractivity contribution is 5.80. The third-order valence-corrected chi connectivity index (χ3v) is 5.50. The van der Waals surface area contributed by atoms with Gasteiger partial charge in [0.15, 0.2) is 0 Å². The first-order chi connectivity index (χ1) is 10.8. The normalized spacial score (nSPS) is 20.8. The van der Waals surface area contributed by atoms with E-state index in [2.05, 4.69) is 40.2 Å². The number of para-hydroxylation sites is 1. The summed E-state index contributed by atoms with van der Waals surface area (Å²) in [6.45, 7) is 1.85. The average Bonchev–Trinajstić information content (AvgIpc) is 3.23. The molecule has 1 saturated heterocycles. The number of aromatic amines is 1. The van der Waals surface area contributed by atoms with Crippen LogP contribution < -0.4 is 0 Å². The fourth-order valence-electron chi connectivity index (χ4n) is 4.16. The maximum absolute atomic E-state index is 12.5. The van der Waals surface area contributed by atoms with Gasteiger partial charge in [0, 0.05) is 36.1 Å². The number of piperidine rings is 1. The Morgan fingerprint density at radius 3 is 2.50 bits per heavy atom. The van der Waals surface area contributed by atoms with Gasteiger partial charge in [-0.25, -0.2) is 0 Å². The number of nitrogens with one attached hydrogen (secondary N) is 1. The van der Waals surface area contributed by atoms with Crippen molar-refractivity contribution in [2.75, 3.05) is 13.1 Å². The Labute approximate surface area is 131 Å². The maximum atomic E-state index is 12.5. The molecule has 0 unspecified atom stereocenters. The van der Waals surface area contributed by atoms with Crippen molar-refractivity contribution in [3.8, 4) is 0 Å². The quantitative estimate of drug-likeness (QED) is 0.891. The van der Waals surface area contributed by atoms with E-state index in [1.165, 1.54) is 29.4 Å². The molecule has 2 aliphatic rings. The highest BCUT2D eigenvalue weighted by atomic mass is 16.2. The van der Waals surface area contributed by atoms with Gasteiger partial charge in [0.25, 0.3) is 0 Å². The minimum Gasteiger partial charge on any atom is -0.358 e. The molecular weight excluding hydrogens is 272 g/mol. The summed E-state index contributed by atoms with van der Waals surface area (Å²) < 4.78 is 0. The molecule has 116 valence electrons. The second-order valence-electron chi connectivity index (χ2n) is 6.89. The standard InChI is InChI=1S/C19H24N2O/c22-19(15-5-1-2-6-15)21-11-9-14(10-12-21)18-13-16-7-3-4-8-17(16)20-18/h3-4,7-8,13-15,20H,1-2,5-6,9-12H2. The Bertz CT molecular complexity index is 628. The lowest BCUT2D eigenvalue weighted by molar-refractivity contribution is -0.136. The SMILES string of the molecule is O=C(C1CCCC1)N1CCC(c2cc3ccccc3[nH]2)CC1. The first kappa shape index (κ1) is 13.9. The van der Waals surface area contributed by atoms with Crippen LogP contribution in [0.25, 0.3) is 10.9 Å². The van der Waals surface area contributed by atoms with Gasteiger partial charge in [0.1, 0.15) is 0 Å². The predicted octanol–water partition coefficient (Wildman–Crippen LogP) is 4.06. The van der Waals surface area contributed by atoms with Crippen LogP contribution in [-0.2, 0) is 4.79 Å². The molecule has 1 N–H and O–H groups in total. The first-order valence-corrected chi connectivity index (χ1v) is 8.68. The second-order valence-corrected chi connectivity index (χ2v) is 6.89. The van der Waals surface area contributed by atoms with Crippen LogP contribution in [0.5, 0.6) is 0 Å². The molecule has 1 aromatic carbocycles. The zero-order valence-corrected chi connectivity index (χ0v) is 13.1. The van der Waals surface area contributed by atoms with E-state index in [4.69, 9.17) is 0 Å². The molecular formula is C19H24N2O. The number of hydrogen-bond acceptors (Lipinski definition) is 1. The Balaban J connectivity index is 1.41. The molecule has 0 radical (unpaired) electrons. The van der Waals surface area contributed by atoms with Crippen molar-refractivity contribution in [3.63, 3.8) is 0 Å². The molecule has 4 rings (SSSR count). The number of rotatable bonds is 2. The second kappa shape index (κ2) is 5.79. The Kier molecular flexibility index (Phi) is 3.65. The lowest BCUT2D eigenvalue weighted by Crippen LogP contribution is -2.40. The molecule has 3 nitrogen and oxygen atoms in total. The van der Waals surface area contributed by atoms with Crippen molar-refractivity contribution in [1.29, 1.82) is 0 Å². The number of H-pyrrole nitrogens is 1. The van der Waals surface area contributed by atoms with Gasteiger partial charge in [-0.2, -0.15) is 0 Å². The molecule has 2 fully saturated rings. The summed E-state index contributed by atoms with van der Waals surface area (Å²) in [5.74, 6) is 1.32. The number of carbonyl (C=O) groups excluding carboxylic acids is 1. The Morgan fingerprint density at radius 2 is 1.77 bits per heavy atom. The lowest BCUT2D eigenvalue weighted by Gasteiger charge is -2.33. The fourth-order valence-corrected chi connectivity index (χ4v) is 4.16. The molecule has 3 heteroatoms. The monoisotopic (exact) mass is 296 g/mol. The molecule has 0 atom stereocenters. The van der Waals surface area contributed by atoms with Crippen LogP contribution in [0.4, 0.5) is 0 Å². The molecule has 1 amide bonds. The van der Waals surface area contributed by atoms with Crippen LogP contribution in [0.15, 0.2) is 30.3 Å². The fraction of sp³-hybridized carbons (Fsp3) is 0.526. The predicted molar refractivity (Wildman–Crippen MR) is 88.8 cm³/mol. The van der Waals surface area contributed by atoms with E-state index < -0.39 is 0 Å². The van der Waals surface area contributed by atoms with Gasteiger partial charge in [-0.05, 0) is 43.2 Å². The number of fused-ring (bicyclic) bond motifs is 1. The third kappa shape index (κ3) is 2.53. The molecule has 2 heterocycles. The van der Waals surface area contributed by atoms with Crippen molar-refractivity contribution >= 4 is 16.8 Å². The highest BCUT2D eigenvalue weighted by Crippen LogP contribution is 2.32. The summed E-state index contributed by atoms with van der Waals surface area (Å²) in [4.78, 5) is 18.2. The molecule has 0 bridgehead atoms. The zero-order valence-electron chi connectivity index (χ0n) is 13.1. The van der Waals surface area contributed by atoms with E-state index in [1.807, 2.05) is 0 Å². The number of benzene rings is 1. The summed E-state index contributed by atoms with van der Waals surface area (Å²) in [5.41, 5.74) is 2.57. The molecule has 0 spiro atoms. The van der Waals surface area contributed by atoms with E-state index in [1.54, 1.807) is 0 Å². The summed E-state index contributed by atoms with van der Waals surface area (Å²) in [6.07, 6.45) is 6.88. The van der Waals surface area contributed by atoms with E-state index in [9.17, 15) is 4.79 Å². The molecule has 1 aromatic heterocycles. The van der Waals surface area contributed by atoms with Crippen LogP contribution >= 0.6 is 0 Å². The average molecular weight is 296 g/mol. The summed E-state index contributed by atoms with van der Waals surface area (Å²) in [6, 6.07) is 10.7. The van der Waals surface area contributed by atoms with E-state index >= 15 is 0 Å². The van der Waals surface area contributed by atoms with Gasteiger partial charge in [0.05, 0.1) is 0 Å². The van der Waals surface area contributed by atoms with Gasteiger partial charge in [0.2, 0.25) is 5.91 Å². The molecule has 22 heavy (non-hydrogen) atoms. The van der Waals surface area contributed by atoms with Gasteiger partial charge < -0.3 is 9.88 Å². The van der Waals surface area contributed by atoms with Gasteiger partial charge in [-0.3, -0.25) is 4.79 Å². The number of likely N-dealkylation sites (tertiary alicyclic amines) is 1. The Hall–Kier alpha value is -1.77. The summed E-state index contributed by atoms with van der Waals surface area (Å²) in [7, 11) is 0. The molecule has 1 aliphatic carbocycles. The van der Waals surface area contributed by atoms with Crippen LogP contribution in [0.2, 0.25) is 0 Å². The largest absolute Gasteiger partial charge is 0.358 e. The lowest BCUT2D eigenvalue weighted by atomic mass is 9.92. The van der Waals surface area contributed by atoms with E-state index in [-0.39, 0.29) is 0 Å². The van der Waals surface area contributed by atoms with Crippen LogP contribution in [0.3, 0.4) is 0 Å². The molecule has 2 aromatic rings. The van der Waals surface area contributed by atoms with Crippen LogP contribution in [0, 0.1) is 5.92 Å². The number of nitrogens with zero attached hydrogens (tertiary/aromatic N) is 1. The number of hydrogen-bond donors (Lipinski definition) is 1. The first-order valence-electron chi connectivity index (χ1n) is 8.68. The van der Waals surface area contributed by atoms with Gasteiger partial charge >= 0.3 is 0 Å². The minimum atomic E-state index is 0.324. The zero-order chi connectivity index (χ0) is 14.9. The van der Waals surface area contributed by atoms with Crippen molar-refractivity contribution in [2.24, 2.45) is 5.92 Å². The highest BCUT2D eigenvalue weighted by Gasteiger charge is 2.30. The molecule has 1 saturated carbocycles.